The summed E-state index contributed by atoms with van der Waals surface area (Å²) in [5.74, 6) is -1.81. The number of methoxy groups -OCH3 is 1. The van der Waals surface area contributed by atoms with Gasteiger partial charge in [0.2, 0.25) is 16.0 Å². The molecule has 0 saturated carbocycles. The van der Waals surface area contributed by atoms with Crippen molar-refractivity contribution in [1.29, 1.82) is 0 Å². The maximum Gasteiger partial charge on any atom is 0.232 e. The van der Waals surface area contributed by atoms with Gasteiger partial charge in [0, 0.05) is 32.8 Å². The highest BCUT2D eigenvalue weighted by atomic mass is 32.2. The number of halogens is 2. The van der Waals surface area contributed by atoms with Crippen LogP contribution >= 0.6 is 0 Å². The minimum absolute atomic E-state index is 0.0520. The van der Waals surface area contributed by atoms with Crippen LogP contribution in [0.15, 0.2) is 24.7 Å². The van der Waals surface area contributed by atoms with Crippen molar-refractivity contribution in [1.82, 2.24) is 24.8 Å². The van der Waals surface area contributed by atoms with Gasteiger partial charge >= 0.3 is 0 Å². The van der Waals surface area contributed by atoms with Crippen molar-refractivity contribution in [3.8, 4) is 0 Å². The second-order valence-corrected chi connectivity index (χ2v) is 10.6. The van der Waals surface area contributed by atoms with Crippen molar-refractivity contribution < 1.29 is 21.9 Å². The summed E-state index contributed by atoms with van der Waals surface area (Å²) in [5.41, 5.74) is -0.302. The first-order valence-corrected chi connectivity index (χ1v) is 13.7. The van der Waals surface area contributed by atoms with Gasteiger partial charge in [-0.3, -0.25) is 4.72 Å². The van der Waals surface area contributed by atoms with Gasteiger partial charge in [0.25, 0.3) is 0 Å². The standard InChI is InChI=1S/C23H30F2N8O3S/c1-3-12-37(34,35)32-17-5-4-16(24)20(19(17)25)30-22-21-18(27-14-28-22)13-26-23(31-21)29-15-6-8-33(9-7-15)10-11-36-2/h4-5,13-15,32H,3,6-12H2,1-2H3,(H,26,29,31)(H,27,28,30). The fourth-order valence-electron chi connectivity index (χ4n) is 4.07. The van der Waals surface area contributed by atoms with E-state index in [1.165, 1.54) is 12.5 Å². The number of fused-ring (bicyclic) bond motifs is 1. The second kappa shape index (κ2) is 11.9. The topological polar surface area (TPSA) is 134 Å². The molecule has 1 fully saturated rings. The molecule has 0 radical (unpaired) electrons. The zero-order valence-corrected chi connectivity index (χ0v) is 21.5. The Hall–Kier alpha value is -3.23. The first kappa shape index (κ1) is 26.8. The number of benzene rings is 1. The molecule has 1 aliphatic heterocycles. The summed E-state index contributed by atoms with van der Waals surface area (Å²) in [5, 5.41) is 5.95. The number of hydrogen-bond acceptors (Lipinski definition) is 10. The summed E-state index contributed by atoms with van der Waals surface area (Å²) in [7, 11) is -2.09. The number of hydrogen-bond donors (Lipinski definition) is 3. The number of rotatable bonds is 11. The summed E-state index contributed by atoms with van der Waals surface area (Å²) in [6, 6.07) is 2.17. The van der Waals surface area contributed by atoms with E-state index in [1.54, 1.807) is 14.0 Å². The number of nitrogens with zero attached hydrogens (tertiary/aromatic N) is 5. The van der Waals surface area contributed by atoms with E-state index in [4.69, 9.17) is 4.74 Å². The maximum atomic E-state index is 15.2. The molecule has 200 valence electrons. The third-order valence-corrected chi connectivity index (χ3v) is 7.46. The lowest BCUT2D eigenvalue weighted by atomic mass is 10.1. The number of ether oxygens (including phenoxy) is 1. The van der Waals surface area contributed by atoms with Gasteiger partial charge in [-0.05, 0) is 31.4 Å². The molecule has 0 spiro atoms. The fourth-order valence-corrected chi connectivity index (χ4v) is 5.20. The average molecular weight is 537 g/mol. The molecular weight excluding hydrogens is 506 g/mol. The van der Waals surface area contributed by atoms with E-state index in [-0.39, 0.29) is 28.8 Å². The summed E-state index contributed by atoms with van der Waals surface area (Å²) >= 11 is 0. The van der Waals surface area contributed by atoms with Crippen LogP contribution in [0.25, 0.3) is 11.0 Å². The fraction of sp³-hybridized carbons (Fsp3) is 0.478. The molecule has 4 rings (SSSR count). The normalized spacial score (nSPS) is 15.1. The minimum Gasteiger partial charge on any atom is -0.383 e. The van der Waals surface area contributed by atoms with Crippen LogP contribution in [0.1, 0.15) is 26.2 Å². The van der Waals surface area contributed by atoms with E-state index in [9.17, 15) is 12.8 Å². The molecule has 0 bridgehead atoms. The van der Waals surface area contributed by atoms with E-state index in [0.29, 0.717) is 24.5 Å². The third kappa shape index (κ3) is 6.76. The summed E-state index contributed by atoms with van der Waals surface area (Å²) in [4.78, 5) is 19.4. The van der Waals surface area contributed by atoms with E-state index in [0.717, 1.165) is 44.6 Å². The van der Waals surface area contributed by atoms with Crippen LogP contribution in [0.4, 0.5) is 31.9 Å². The average Bonchev–Trinajstić information content (AvgIpc) is 2.88. The Kier molecular flexibility index (Phi) is 8.61. The maximum absolute atomic E-state index is 15.2. The Morgan fingerprint density at radius 3 is 2.68 bits per heavy atom. The van der Waals surface area contributed by atoms with Crippen LogP contribution in [0.2, 0.25) is 0 Å². The lowest BCUT2D eigenvalue weighted by molar-refractivity contribution is 0.132. The number of anilines is 4. The largest absolute Gasteiger partial charge is 0.383 e. The molecule has 0 atom stereocenters. The van der Waals surface area contributed by atoms with Crippen molar-refractivity contribution in [2.45, 2.75) is 32.2 Å². The molecule has 11 nitrogen and oxygen atoms in total. The highest BCUT2D eigenvalue weighted by Crippen LogP contribution is 2.30. The Morgan fingerprint density at radius 2 is 1.95 bits per heavy atom. The van der Waals surface area contributed by atoms with Crippen LogP contribution in [0, 0.1) is 11.6 Å². The number of piperidine rings is 1. The first-order valence-electron chi connectivity index (χ1n) is 12.0. The summed E-state index contributed by atoms with van der Waals surface area (Å²) in [6.45, 7) is 5.10. The van der Waals surface area contributed by atoms with E-state index >= 15 is 4.39 Å². The van der Waals surface area contributed by atoms with Crippen molar-refractivity contribution in [3.05, 3.63) is 36.3 Å². The van der Waals surface area contributed by atoms with Crippen LogP contribution in [0.3, 0.4) is 0 Å². The zero-order valence-electron chi connectivity index (χ0n) is 20.7. The molecule has 2 aromatic heterocycles. The molecule has 0 amide bonds. The lowest BCUT2D eigenvalue weighted by Crippen LogP contribution is -2.40. The van der Waals surface area contributed by atoms with E-state index in [1.807, 2.05) is 0 Å². The quantitative estimate of drug-likeness (QED) is 0.336. The molecule has 0 unspecified atom stereocenters. The predicted octanol–water partition coefficient (Wildman–Crippen LogP) is 3.12. The molecule has 3 N–H and O–H groups in total. The molecule has 3 heterocycles. The molecular formula is C23H30F2N8O3S. The van der Waals surface area contributed by atoms with Gasteiger partial charge in [-0.15, -0.1) is 0 Å². The van der Waals surface area contributed by atoms with Gasteiger partial charge in [-0.2, -0.15) is 0 Å². The molecule has 3 aromatic rings. The minimum atomic E-state index is -3.78. The molecule has 1 aliphatic rings. The third-order valence-electron chi connectivity index (χ3n) is 5.98. The molecule has 14 heteroatoms. The van der Waals surface area contributed by atoms with Gasteiger partial charge in [0.15, 0.2) is 11.6 Å². The van der Waals surface area contributed by atoms with Crippen molar-refractivity contribution in [3.63, 3.8) is 0 Å². The SMILES string of the molecule is CCCS(=O)(=O)Nc1ccc(F)c(Nc2ncnc3cnc(NC4CCN(CCOC)CC4)nc23)c1F. The zero-order chi connectivity index (χ0) is 26.4. The summed E-state index contributed by atoms with van der Waals surface area (Å²) < 4.78 is 61.3. The van der Waals surface area contributed by atoms with E-state index in [2.05, 4.69) is 40.2 Å². The van der Waals surface area contributed by atoms with Gasteiger partial charge in [0.1, 0.15) is 28.9 Å². The Bertz CT molecular complexity index is 1340. The number of sulfonamides is 1. The molecule has 1 saturated heterocycles. The van der Waals surface area contributed by atoms with Crippen molar-refractivity contribution in [2.75, 3.05) is 54.5 Å². The molecule has 37 heavy (non-hydrogen) atoms. The second-order valence-electron chi connectivity index (χ2n) is 8.73. The van der Waals surface area contributed by atoms with Gasteiger partial charge in [-0.25, -0.2) is 37.1 Å². The van der Waals surface area contributed by atoms with Crippen LogP contribution in [0.5, 0.6) is 0 Å². The highest BCUT2D eigenvalue weighted by molar-refractivity contribution is 7.92. The number of aromatic nitrogens is 4. The van der Waals surface area contributed by atoms with Gasteiger partial charge in [-0.1, -0.05) is 6.92 Å². The van der Waals surface area contributed by atoms with Crippen molar-refractivity contribution >= 4 is 44.2 Å². The smallest absolute Gasteiger partial charge is 0.232 e. The summed E-state index contributed by atoms with van der Waals surface area (Å²) in [6.07, 6.45) is 4.88. The van der Waals surface area contributed by atoms with Gasteiger partial charge < -0.3 is 20.3 Å². The first-order chi connectivity index (χ1) is 17.8. The highest BCUT2D eigenvalue weighted by Gasteiger charge is 2.22. The lowest BCUT2D eigenvalue weighted by Gasteiger charge is -2.32. The molecule has 1 aromatic carbocycles. The monoisotopic (exact) mass is 536 g/mol. The van der Waals surface area contributed by atoms with E-state index < -0.39 is 27.3 Å². The van der Waals surface area contributed by atoms with Crippen molar-refractivity contribution in [2.24, 2.45) is 0 Å². The Labute approximate surface area is 214 Å². The number of likely N-dealkylation sites (tertiary alicyclic amines) is 1. The Balaban J connectivity index is 1.55. The van der Waals surface area contributed by atoms with Crippen LogP contribution < -0.4 is 15.4 Å². The Morgan fingerprint density at radius 1 is 1.16 bits per heavy atom. The molecule has 0 aliphatic carbocycles. The van der Waals surface area contributed by atoms with Crippen LogP contribution in [-0.4, -0.2) is 78.4 Å². The number of nitrogens with one attached hydrogen (secondary N) is 3. The van der Waals surface area contributed by atoms with Gasteiger partial charge in [0.05, 0.1) is 24.2 Å². The predicted molar refractivity (Wildman–Crippen MR) is 137 cm³/mol. The van der Waals surface area contributed by atoms with Crippen LogP contribution in [-0.2, 0) is 14.8 Å².